The minimum Gasteiger partial charge on any atom is -0.384 e. The minimum absolute atomic E-state index is 0.191. The van der Waals surface area contributed by atoms with Crippen LogP contribution in [0.25, 0.3) is 0 Å². The molecule has 0 spiro atoms. The number of piperazine rings is 1. The molecule has 2 rings (SSSR count). The molecule has 1 atom stereocenters. The number of ether oxygens (including phenoxy) is 1. The summed E-state index contributed by atoms with van der Waals surface area (Å²) in [6.45, 7) is 2.99. The van der Waals surface area contributed by atoms with Crippen LogP contribution in [0.4, 0.5) is 0 Å². The third kappa shape index (κ3) is 3.55. The molecule has 0 unspecified atom stereocenters. The van der Waals surface area contributed by atoms with Gasteiger partial charge in [-0.25, -0.2) is 0 Å². The second-order valence-corrected chi connectivity index (χ2v) is 4.99. The largest absolute Gasteiger partial charge is 0.384 e. The van der Waals surface area contributed by atoms with Crippen molar-refractivity contribution < 1.29 is 9.53 Å². The Morgan fingerprint density at radius 1 is 1.32 bits per heavy atom. The van der Waals surface area contributed by atoms with Crippen molar-refractivity contribution in [2.75, 3.05) is 40.4 Å². The second kappa shape index (κ2) is 6.68. The van der Waals surface area contributed by atoms with E-state index in [1.54, 1.807) is 7.11 Å². The van der Waals surface area contributed by atoms with Gasteiger partial charge in [-0.05, 0) is 12.6 Å². The Balaban J connectivity index is 2.02. The van der Waals surface area contributed by atoms with Gasteiger partial charge >= 0.3 is 0 Å². The third-order valence-corrected chi connectivity index (χ3v) is 3.71. The topological polar surface area (TPSA) is 32.8 Å². The number of nitrogens with zero attached hydrogens (tertiary/aromatic N) is 2. The van der Waals surface area contributed by atoms with Gasteiger partial charge < -0.3 is 9.64 Å². The quantitative estimate of drug-likeness (QED) is 0.825. The Kier molecular flexibility index (Phi) is 4.93. The molecule has 1 aromatic carbocycles. The van der Waals surface area contributed by atoms with E-state index in [0.29, 0.717) is 19.1 Å². The van der Waals surface area contributed by atoms with E-state index in [4.69, 9.17) is 4.74 Å². The first-order valence-electron chi connectivity index (χ1n) is 6.74. The van der Waals surface area contributed by atoms with E-state index >= 15 is 0 Å². The summed E-state index contributed by atoms with van der Waals surface area (Å²) in [5, 5.41) is 0. The van der Waals surface area contributed by atoms with Gasteiger partial charge in [0.15, 0.2) is 0 Å². The number of hydrogen-bond donors (Lipinski definition) is 0. The Bertz CT molecular complexity index is 408. The molecule has 0 saturated carbocycles. The first kappa shape index (κ1) is 14.0. The van der Waals surface area contributed by atoms with Crippen LogP contribution in [0.15, 0.2) is 30.3 Å². The van der Waals surface area contributed by atoms with E-state index in [0.717, 1.165) is 19.6 Å². The average Bonchev–Trinajstić information content (AvgIpc) is 2.46. The van der Waals surface area contributed by atoms with Gasteiger partial charge in [-0.2, -0.15) is 0 Å². The van der Waals surface area contributed by atoms with E-state index in [-0.39, 0.29) is 5.91 Å². The number of carbonyl (C=O) groups excluding carboxylic acids is 1. The molecular weight excluding hydrogens is 240 g/mol. The molecular formula is C15H22N2O2. The van der Waals surface area contributed by atoms with E-state index < -0.39 is 0 Å². The zero-order chi connectivity index (χ0) is 13.7. The first-order chi connectivity index (χ1) is 9.22. The summed E-state index contributed by atoms with van der Waals surface area (Å²) in [4.78, 5) is 16.3. The van der Waals surface area contributed by atoms with Gasteiger partial charge in [0, 0.05) is 26.7 Å². The Morgan fingerprint density at radius 3 is 2.74 bits per heavy atom. The lowest BCUT2D eigenvalue weighted by Crippen LogP contribution is -2.49. The number of amides is 1. The molecule has 4 nitrogen and oxygen atoms in total. The highest BCUT2D eigenvalue weighted by atomic mass is 16.5. The predicted molar refractivity (Wildman–Crippen MR) is 74.9 cm³/mol. The van der Waals surface area contributed by atoms with Gasteiger partial charge in [-0.3, -0.25) is 9.69 Å². The summed E-state index contributed by atoms with van der Waals surface area (Å²) in [6, 6.07) is 10.7. The van der Waals surface area contributed by atoms with Gasteiger partial charge in [-0.15, -0.1) is 0 Å². The maximum atomic E-state index is 12.1. The molecule has 1 heterocycles. The SMILES string of the molecule is COCCC(=O)N1CCN(C)[C@@H](c2ccccc2)C1. The summed E-state index contributed by atoms with van der Waals surface area (Å²) >= 11 is 0. The minimum atomic E-state index is 0.191. The summed E-state index contributed by atoms with van der Waals surface area (Å²) in [5.41, 5.74) is 1.27. The molecule has 1 aromatic rings. The van der Waals surface area contributed by atoms with E-state index in [9.17, 15) is 4.79 Å². The monoisotopic (exact) mass is 262 g/mol. The molecule has 1 fully saturated rings. The lowest BCUT2D eigenvalue weighted by atomic mass is 10.0. The van der Waals surface area contributed by atoms with Crippen molar-refractivity contribution in [3.05, 3.63) is 35.9 Å². The summed E-state index contributed by atoms with van der Waals surface area (Å²) in [6.07, 6.45) is 0.474. The van der Waals surface area contributed by atoms with Gasteiger partial charge in [0.1, 0.15) is 0 Å². The van der Waals surface area contributed by atoms with Crippen LogP contribution in [0.2, 0.25) is 0 Å². The van der Waals surface area contributed by atoms with Crippen LogP contribution in [-0.2, 0) is 9.53 Å². The zero-order valence-corrected chi connectivity index (χ0v) is 11.7. The maximum absolute atomic E-state index is 12.1. The number of rotatable bonds is 4. The highest BCUT2D eigenvalue weighted by Crippen LogP contribution is 2.23. The van der Waals surface area contributed by atoms with Gasteiger partial charge in [0.25, 0.3) is 0 Å². The Morgan fingerprint density at radius 2 is 2.05 bits per heavy atom. The van der Waals surface area contributed by atoms with Crippen LogP contribution in [-0.4, -0.2) is 56.1 Å². The molecule has 19 heavy (non-hydrogen) atoms. The van der Waals surface area contributed by atoms with Crippen LogP contribution >= 0.6 is 0 Å². The number of likely N-dealkylation sites (N-methyl/N-ethyl adjacent to an activating group) is 1. The van der Waals surface area contributed by atoms with Gasteiger partial charge in [0.05, 0.1) is 19.1 Å². The molecule has 104 valence electrons. The van der Waals surface area contributed by atoms with Crippen LogP contribution in [0.1, 0.15) is 18.0 Å². The van der Waals surface area contributed by atoms with Crippen molar-refractivity contribution in [2.45, 2.75) is 12.5 Å². The second-order valence-electron chi connectivity index (χ2n) is 4.99. The molecule has 0 aromatic heterocycles. The van der Waals surface area contributed by atoms with Crippen molar-refractivity contribution >= 4 is 5.91 Å². The van der Waals surface area contributed by atoms with Crippen LogP contribution < -0.4 is 0 Å². The molecule has 1 amide bonds. The Hall–Kier alpha value is -1.39. The number of carbonyl (C=O) groups is 1. The zero-order valence-electron chi connectivity index (χ0n) is 11.7. The van der Waals surface area contributed by atoms with Gasteiger partial charge in [-0.1, -0.05) is 30.3 Å². The highest BCUT2D eigenvalue weighted by molar-refractivity contribution is 5.76. The smallest absolute Gasteiger partial charge is 0.224 e. The van der Waals surface area contributed by atoms with Crippen LogP contribution in [0.5, 0.6) is 0 Å². The fourth-order valence-corrected chi connectivity index (χ4v) is 2.48. The lowest BCUT2D eigenvalue weighted by molar-refractivity contribution is -0.134. The lowest BCUT2D eigenvalue weighted by Gasteiger charge is -2.39. The molecule has 0 bridgehead atoms. The maximum Gasteiger partial charge on any atom is 0.224 e. The fraction of sp³-hybridized carbons (Fsp3) is 0.533. The van der Waals surface area contributed by atoms with E-state index in [1.165, 1.54) is 5.56 Å². The molecule has 1 aliphatic rings. The van der Waals surface area contributed by atoms with Crippen molar-refractivity contribution in [2.24, 2.45) is 0 Å². The molecule has 0 aliphatic carbocycles. The fourth-order valence-electron chi connectivity index (χ4n) is 2.48. The standard InChI is InChI=1S/C15H22N2O2/c1-16-9-10-17(15(18)8-11-19-2)12-14(16)13-6-4-3-5-7-13/h3-7,14H,8-12H2,1-2H3/t14-/m1/s1. The summed E-state index contributed by atoms with van der Waals surface area (Å²) in [5.74, 6) is 0.191. The molecule has 0 N–H and O–H groups in total. The number of methoxy groups -OCH3 is 1. The molecule has 1 aliphatic heterocycles. The number of hydrogen-bond acceptors (Lipinski definition) is 3. The summed E-state index contributed by atoms with van der Waals surface area (Å²) in [7, 11) is 3.75. The van der Waals surface area contributed by atoms with Gasteiger partial charge in [0.2, 0.25) is 5.91 Å². The van der Waals surface area contributed by atoms with Crippen LogP contribution in [0, 0.1) is 0 Å². The van der Waals surface area contributed by atoms with E-state index in [2.05, 4.69) is 36.2 Å². The summed E-state index contributed by atoms with van der Waals surface area (Å²) < 4.78 is 4.98. The number of benzene rings is 1. The average molecular weight is 262 g/mol. The normalized spacial score (nSPS) is 20.5. The van der Waals surface area contributed by atoms with Crippen molar-refractivity contribution in [3.63, 3.8) is 0 Å². The van der Waals surface area contributed by atoms with E-state index in [1.807, 2.05) is 11.0 Å². The molecule has 1 saturated heterocycles. The van der Waals surface area contributed by atoms with Crippen molar-refractivity contribution in [1.82, 2.24) is 9.80 Å². The van der Waals surface area contributed by atoms with Crippen LogP contribution in [0.3, 0.4) is 0 Å². The highest BCUT2D eigenvalue weighted by Gasteiger charge is 2.27. The first-order valence-corrected chi connectivity index (χ1v) is 6.74. The predicted octanol–water partition coefficient (Wildman–Crippen LogP) is 1.54. The molecule has 0 radical (unpaired) electrons. The van der Waals surface area contributed by atoms with Crippen molar-refractivity contribution in [3.8, 4) is 0 Å². The van der Waals surface area contributed by atoms with Crippen molar-refractivity contribution in [1.29, 1.82) is 0 Å². The Labute approximate surface area is 115 Å². The third-order valence-electron chi connectivity index (χ3n) is 3.71. The molecule has 4 heteroatoms.